The fourth-order valence-corrected chi connectivity index (χ4v) is 5.06. The molecule has 2 N–H and O–H groups in total. The van der Waals surface area contributed by atoms with E-state index in [4.69, 9.17) is 0 Å². The Morgan fingerprint density at radius 1 is 1.19 bits per heavy atom. The largest absolute Gasteiger partial charge is 0.345 e. The molecule has 1 aliphatic heterocycles. The van der Waals surface area contributed by atoms with Gasteiger partial charge in [0.25, 0.3) is 5.91 Å². The monoisotopic (exact) mass is 383 g/mol. The summed E-state index contributed by atoms with van der Waals surface area (Å²) in [6, 6.07) is 8.17. The predicted molar refractivity (Wildman–Crippen MR) is 110 cm³/mol. The Labute approximate surface area is 163 Å². The summed E-state index contributed by atoms with van der Waals surface area (Å²) in [7, 11) is 0. The summed E-state index contributed by atoms with van der Waals surface area (Å²) in [6.45, 7) is 4.13. The van der Waals surface area contributed by atoms with Crippen molar-refractivity contribution in [2.75, 3.05) is 16.4 Å². The number of carbonyl (C=O) groups excluding carboxylic acids is 2. The van der Waals surface area contributed by atoms with Gasteiger partial charge in [-0.2, -0.15) is 0 Å². The van der Waals surface area contributed by atoms with Gasteiger partial charge in [-0.25, -0.2) is 0 Å². The number of hydrogen-bond donors (Lipinski definition) is 2. The summed E-state index contributed by atoms with van der Waals surface area (Å²) in [6.07, 6.45) is 6.24. The molecular formula is C21H25N3O2S. The second-order valence-corrected chi connectivity index (χ2v) is 8.47. The van der Waals surface area contributed by atoms with Crippen molar-refractivity contribution in [2.24, 2.45) is 0 Å². The summed E-state index contributed by atoms with van der Waals surface area (Å²) in [4.78, 5) is 25.5. The normalized spacial score (nSPS) is 17.3. The van der Waals surface area contributed by atoms with E-state index in [1.54, 1.807) is 0 Å². The summed E-state index contributed by atoms with van der Waals surface area (Å²) >= 11 is 1.52. The van der Waals surface area contributed by atoms with E-state index in [0.29, 0.717) is 17.5 Å². The number of rotatable bonds is 3. The number of hydrogen-bond acceptors (Lipinski definition) is 3. The topological polar surface area (TPSA) is 63.1 Å². The van der Waals surface area contributed by atoms with Crippen molar-refractivity contribution in [3.05, 3.63) is 41.2 Å². The van der Waals surface area contributed by atoms with Gasteiger partial charge in [0.15, 0.2) is 0 Å². The van der Waals surface area contributed by atoms with Gasteiger partial charge in [-0.05, 0) is 51.0 Å². The van der Waals surface area contributed by atoms with Crippen LogP contribution in [0.4, 0.5) is 11.4 Å². The van der Waals surface area contributed by atoms with Gasteiger partial charge in [-0.1, -0.05) is 19.3 Å². The van der Waals surface area contributed by atoms with E-state index >= 15 is 0 Å². The van der Waals surface area contributed by atoms with Gasteiger partial charge in [0.2, 0.25) is 5.91 Å². The Morgan fingerprint density at radius 2 is 1.96 bits per heavy atom. The highest BCUT2D eigenvalue weighted by molar-refractivity contribution is 8.00. The molecule has 142 valence electrons. The molecule has 0 unspecified atom stereocenters. The van der Waals surface area contributed by atoms with Gasteiger partial charge >= 0.3 is 0 Å². The van der Waals surface area contributed by atoms with E-state index in [1.165, 1.54) is 43.9 Å². The Kier molecular flexibility index (Phi) is 5.00. The number of fused-ring (bicyclic) bond motifs is 1. The molecule has 0 spiro atoms. The number of amides is 2. The highest BCUT2D eigenvalue weighted by atomic mass is 32.2. The average molecular weight is 384 g/mol. The van der Waals surface area contributed by atoms with Gasteiger partial charge in [-0.3, -0.25) is 9.59 Å². The number of anilines is 2. The van der Waals surface area contributed by atoms with E-state index in [1.807, 2.05) is 31.2 Å². The molecule has 0 saturated heterocycles. The average Bonchev–Trinajstić information content (AvgIpc) is 2.96. The fourth-order valence-electron chi connectivity index (χ4n) is 4.27. The number of nitrogens with zero attached hydrogens (tertiary/aromatic N) is 1. The predicted octanol–water partition coefficient (Wildman–Crippen LogP) is 4.91. The molecule has 1 fully saturated rings. The molecule has 2 heterocycles. The highest BCUT2D eigenvalue weighted by Gasteiger charge is 2.23. The summed E-state index contributed by atoms with van der Waals surface area (Å²) < 4.78 is 2.35. The van der Waals surface area contributed by atoms with Gasteiger partial charge in [0, 0.05) is 28.0 Å². The van der Waals surface area contributed by atoms with Crippen molar-refractivity contribution < 1.29 is 9.59 Å². The lowest BCUT2D eigenvalue weighted by Crippen LogP contribution is -2.19. The zero-order valence-corrected chi connectivity index (χ0v) is 16.6. The van der Waals surface area contributed by atoms with Gasteiger partial charge in [0.1, 0.15) is 0 Å². The molecule has 2 aromatic rings. The van der Waals surface area contributed by atoms with E-state index in [2.05, 4.69) is 22.1 Å². The fraction of sp³-hybridized carbons (Fsp3) is 0.429. The third-order valence-electron chi connectivity index (χ3n) is 5.54. The minimum atomic E-state index is -0.0973. The smallest absolute Gasteiger partial charge is 0.257 e. The van der Waals surface area contributed by atoms with Crippen molar-refractivity contribution in [3.8, 4) is 0 Å². The molecule has 2 aliphatic rings. The van der Waals surface area contributed by atoms with Crippen LogP contribution in [0.2, 0.25) is 0 Å². The second kappa shape index (κ2) is 7.43. The second-order valence-electron chi connectivity index (χ2n) is 7.45. The number of nitrogens with one attached hydrogen (secondary N) is 2. The zero-order chi connectivity index (χ0) is 19.0. The molecule has 4 rings (SSSR count). The van der Waals surface area contributed by atoms with Crippen LogP contribution >= 0.6 is 11.8 Å². The Hall–Kier alpha value is -2.21. The maximum atomic E-state index is 12.9. The van der Waals surface area contributed by atoms with Gasteiger partial charge in [-0.15, -0.1) is 11.8 Å². The van der Waals surface area contributed by atoms with Crippen molar-refractivity contribution in [2.45, 2.75) is 56.9 Å². The third kappa shape index (κ3) is 3.63. The van der Waals surface area contributed by atoms with Crippen LogP contribution in [0.3, 0.4) is 0 Å². The SMILES string of the molecule is Cc1cc(C(=O)Nc2ccc3c(c2)NC(=O)CS3)c(C)n1C1CCCCC1. The zero-order valence-electron chi connectivity index (χ0n) is 15.8. The Morgan fingerprint density at radius 3 is 2.74 bits per heavy atom. The molecule has 0 radical (unpaired) electrons. The Bertz CT molecular complexity index is 897. The summed E-state index contributed by atoms with van der Waals surface area (Å²) in [5.74, 6) is 0.332. The lowest BCUT2D eigenvalue weighted by Gasteiger charge is -2.26. The van der Waals surface area contributed by atoms with Crippen molar-refractivity contribution in [3.63, 3.8) is 0 Å². The van der Waals surface area contributed by atoms with Crippen LogP contribution in [0.25, 0.3) is 0 Å². The number of benzene rings is 1. The first-order valence-electron chi connectivity index (χ1n) is 9.59. The maximum absolute atomic E-state index is 12.9. The number of thioether (sulfide) groups is 1. The first-order valence-corrected chi connectivity index (χ1v) is 10.6. The lowest BCUT2D eigenvalue weighted by molar-refractivity contribution is -0.113. The minimum Gasteiger partial charge on any atom is -0.345 e. The number of aromatic nitrogens is 1. The van der Waals surface area contributed by atoms with Crippen LogP contribution in [0, 0.1) is 13.8 Å². The third-order valence-corrected chi connectivity index (χ3v) is 6.61. The molecule has 2 amide bonds. The minimum absolute atomic E-state index is 0.00740. The van der Waals surface area contributed by atoms with E-state index in [-0.39, 0.29) is 11.8 Å². The molecule has 27 heavy (non-hydrogen) atoms. The maximum Gasteiger partial charge on any atom is 0.257 e. The standard InChI is InChI=1S/C21H25N3O2S/c1-13-10-17(14(2)24(13)16-6-4-3-5-7-16)21(26)22-15-8-9-19-18(11-15)23-20(25)12-27-19/h8-11,16H,3-7,12H2,1-2H3,(H,22,26)(H,23,25). The van der Waals surface area contributed by atoms with Crippen LogP contribution < -0.4 is 10.6 Å². The summed E-state index contributed by atoms with van der Waals surface area (Å²) in [5, 5.41) is 5.86. The molecule has 5 nitrogen and oxygen atoms in total. The highest BCUT2D eigenvalue weighted by Crippen LogP contribution is 2.34. The molecule has 0 atom stereocenters. The van der Waals surface area contributed by atoms with Crippen molar-refractivity contribution in [1.82, 2.24) is 4.57 Å². The van der Waals surface area contributed by atoms with Gasteiger partial charge < -0.3 is 15.2 Å². The summed E-state index contributed by atoms with van der Waals surface area (Å²) in [5.41, 5.74) is 4.39. The first kappa shape index (κ1) is 18.2. The number of aryl methyl sites for hydroxylation is 1. The Balaban J connectivity index is 1.55. The van der Waals surface area contributed by atoms with Crippen LogP contribution in [0.5, 0.6) is 0 Å². The molecule has 1 aliphatic carbocycles. The molecule has 1 aromatic carbocycles. The number of carbonyl (C=O) groups is 2. The molecule has 1 aromatic heterocycles. The van der Waals surface area contributed by atoms with Crippen LogP contribution in [-0.2, 0) is 4.79 Å². The van der Waals surface area contributed by atoms with E-state index in [9.17, 15) is 9.59 Å². The van der Waals surface area contributed by atoms with Crippen LogP contribution in [0.15, 0.2) is 29.2 Å². The van der Waals surface area contributed by atoms with Gasteiger partial charge in [0.05, 0.1) is 17.0 Å². The molecule has 6 heteroatoms. The molecule has 0 bridgehead atoms. The van der Waals surface area contributed by atoms with E-state index < -0.39 is 0 Å². The first-order chi connectivity index (χ1) is 13.0. The van der Waals surface area contributed by atoms with Crippen LogP contribution in [-0.4, -0.2) is 22.1 Å². The van der Waals surface area contributed by atoms with Crippen molar-refractivity contribution >= 4 is 35.0 Å². The quantitative estimate of drug-likeness (QED) is 0.792. The molecular weight excluding hydrogens is 358 g/mol. The molecule has 1 saturated carbocycles. The van der Waals surface area contributed by atoms with Crippen molar-refractivity contribution in [1.29, 1.82) is 0 Å². The lowest BCUT2D eigenvalue weighted by atomic mass is 9.95. The van der Waals surface area contributed by atoms with Crippen LogP contribution in [0.1, 0.15) is 59.9 Å². The van der Waals surface area contributed by atoms with E-state index in [0.717, 1.165) is 27.5 Å².